The summed E-state index contributed by atoms with van der Waals surface area (Å²) in [5, 5.41) is 9.00. The lowest BCUT2D eigenvalue weighted by atomic mass is 9.83. The molecule has 1 heterocycles. The Balaban J connectivity index is 1.54. The number of hydrogen-bond donors (Lipinski definition) is 1. The molecule has 1 spiro atoms. The predicted molar refractivity (Wildman–Crippen MR) is 61.3 cm³/mol. The quantitative estimate of drug-likeness (QED) is 0.791. The Morgan fingerprint density at radius 3 is 2.24 bits per heavy atom. The van der Waals surface area contributed by atoms with E-state index in [0.29, 0.717) is 5.91 Å². The van der Waals surface area contributed by atoms with Crippen LogP contribution in [0.25, 0.3) is 0 Å². The summed E-state index contributed by atoms with van der Waals surface area (Å²) in [4.78, 5) is 24.9. The van der Waals surface area contributed by atoms with E-state index in [1.165, 1.54) is 6.42 Å². The smallest absolute Gasteiger partial charge is 0.307 e. The third-order valence-electron chi connectivity index (χ3n) is 5.01. The molecule has 1 amide bonds. The average Bonchev–Trinajstić information content (AvgIpc) is 2.91. The number of aliphatic carboxylic acids is 1. The highest BCUT2D eigenvalue weighted by Crippen LogP contribution is 2.59. The van der Waals surface area contributed by atoms with Crippen LogP contribution >= 0.6 is 0 Å². The lowest BCUT2D eigenvalue weighted by Gasteiger charge is -2.37. The van der Waals surface area contributed by atoms with E-state index < -0.39 is 5.97 Å². The lowest BCUT2D eigenvalue weighted by Crippen LogP contribution is -2.44. The number of piperidine rings is 1. The van der Waals surface area contributed by atoms with Crippen molar-refractivity contribution in [2.24, 2.45) is 17.3 Å². The van der Waals surface area contributed by atoms with Crippen molar-refractivity contribution < 1.29 is 14.7 Å². The van der Waals surface area contributed by atoms with Crippen molar-refractivity contribution in [1.29, 1.82) is 0 Å². The molecule has 17 heavy (non-hydrogen) atoms. The minimum Gasteiger partial charge on any atom is -0.481 e. The molecule has 3 rings (SSSR count). The van der Waals surface area contributed by atoms with Crippen LogP contribution in [0.3, 0.4) is 0 Å². The van der Waals surface area contributed by atoms with Gasteiger partial charge in [-0.3, -0.25) is 9.59 Å². The molecule has 3 fully saturated rings. The topological polar surface area (TPSA) is 57.6 Å². The standard InChI is InChI=1S/C13H19NO3/c15-11(9-2-1-3-9)14-6-4-13(5-7-14)8-10(13)12(16)17/h9-10H,1-8H2,(H,16,17). The van der Waals surface area contributed by atoms with E-state index in [2.05, 4.69) is 0 Å². The zero-order valence-electron chi connectivity index (χ0n) is 10.0. The van der Waals surface area contributed by atoms with Crippen molar-refractivity contribution in [2.75, 3.05) is 13.1 Å². The van der Waals surface area contributed by atoms with E-state index in [1.807, 2.05) is 4.90 Å². The maximum absolute atomic E-state index is 12.0. The molecule has 2 aliphatic carbocycles. The normalized spacial score (nSPS) is 31.1. The van der Waals surface area contributed by atoms with Crippen LogP contribution in [0.4, 0.5) is 0 Å². The number of hydrogen-bond acceptors (Lipinski definition) is 2. The number of carboxylic acid groups (broad SMARTS) is 1. The zero-order chi connectivity index (χ0) is 12.0. The van der Waals surface area contributed by atoms with Crippen LogP contribution in [0.1, 0.15) is 38.5 Å². The number of amides is 1. The Labute approximate surface area is 101 Å². The van der Waals surface area contributed by atoms with Crippen molar-refractivity contribution >= 4 is 11.9 Å². The van der Waals surface area contributed by atoms with Crippen LogP contribution in [0.5, 0.6) is 0 Å². The third kappa shape index (κ3) is 1.74. The van der Waals surface area contributed by atoms with E-state index in [9.17, 15) is 9.59 Å². The van der Waals surface area contributed by atoms with Crippen molar-refractivity contribution in [2.45, 2.75) is 38.5 Å². The number of carbonyl (C=O) groups is 2. The highest BCUT2D eigenvalue weighted by molar-refractivity contribution is 5.80. The fourth-order valence-corrected chi connectivity index (χ4v) is 3.34. The van der Waals surface area contributed by atoms with Crippen LogP contribution in [0.15, 0.2) is 0 Å². The molecular formula is C13H19NO3. The van der Waals surface area contributed by atoms with Gasteiger partial charge in [-0.05, 0) is 37.5 Å². The number of nitrogens with zero attached hydrogens (tertiary/aromatic N) is 1. The molecule has 1 unspecified atom stereocenters. The fraction of sp³-hybridized carbons (Fsp3) is 0.846. The van der Waals surface area contributed by atoms with Crippen molar-refractivity contribution in [3.05, 3.63) is 0 Å². The molecule has 1 aliphatic heterocycles. The van der Waals surface area contributed by atoms with Gasteiger partial charge in [0.25, 0.3) is 0 Å². The van der Waals surface area contributed by atoms with Crippen LogP contribution in [0, 0.1) is 17.3 Å². The largest absolute Gasteiger partial charge is 0.481 e. The second kappa shape index (κ2) is 3.72. The summed E-state index contributed by atoms with van der Waals surface area (Å²) in [5.74, 6) is -0.190. The minimum absolute atomic E-state index is 0.0439. The second-order valence-corrected chi connectivity index (χ2v) is 5.91. The molecule has 0 radical (unpaired) electrons. The van der Waals surface area contributed by atoms with Gasteiger partial charge in [0.15, 0.2) is 0 Å². The molecule has 0 aromatic carbocycles. The van der Waals surface area contributed by atoms with Gasteiger partial charge in [-0.15, -0.1) is 0 Å². The van der Waals surface area contributed by atoms with E-state index in [4.69, 9.17) is 5.11 Å². The molecule has 1 atom stereocenters. The highest BCUT2D eigenvalue weighted by atomic mass is 16.4. The Morgan fingerprint density at radius 1 is 1.18 bits per heavy atom. The predicted octanol–water partition coefficient (Wildman–Crippen LogP) is 1.50. The third-order valence-corrected chi connectivity index (χ3v) is 5.01. The number of rotatable bonds is 2. The molecule has 0 bridgehead atoms. The monoisotopic (exact) mass is 237 g/mol. The Kier molecular flexibility index (Phi) is 2.42. The summed E-state index contributed by atoms with van der Waals surface area (Å²) >= 11 is 0. The van der Waals surface area contributed by atoms with Gasteiger partial charge in [-0.1, -0.05) is 6.42 Å². The molecule has 3 aliphatic rings. The Bertz CT molecular complexity index is 354. The van der Waals surface area contributed by atoms with E-state index in [-0.39, 0.29) is 17.3 Å². The Morgan fingerprint density at radius 2 is 1.82 bits per heavy atom. The summed E-state index contributed by atoms with van der Waals surface area (Å²) < 4.78 is 0. The van der Waals surface area contributed by atoms with Crippen LogP contribution in [-0.4, -0.2) is 35.0 Å². The average molecular weight is 237 g/mol. The maximum Gasteiger partial charge on any atom is 0.307 e. The van der Waals surface area contributed by atoms with E-state index in [1.54, 1.807) is 0 Å². The fourth-order valence-electron chi connectivity index (χ4n) is 3.34. The van der Waals surface area contributed by atoms with Gasteiger partial charge in [0.2, 0.25) is 5.91 Å². The molecular weight excluding hydrogens is 218 g/mol. The summed E-state index contributed by atoms with van der Waals surface area (Å²) in [6.07, 6.45) is 5.91. The van der Waals surface area contributed by atoms with Crippen molar-refractivity contribution in [3.63, 3.8) is 0 Å². The Hall–Kier alpha value is -1.06. The van der Waals surface area contributed by atoms with Gasteiger partial charge in [-0.2, -0.15) is 0 Å². The molecule has 1 saturated heterocycles. The van der Waals surface area contributed by atoms with Crippen LogP contribution in [-0.2, 0) is 9.59 Å². The van der Waals surface area contributed by atoms with Gasteiger partial charge in [0, 0.05) is 19.0 Å². The van der Waals surface area contributed by atoms with Crippen LogP contribution < -0.4 is 0 Å². The zero-order valence-corrected chi connectivity index (χ0v) is 10.0. The molecule has 94 valence electrons. The number of likely N-dealkylation sites (tertiary alicyclic amines) is 1. The summed E-state index contributed by atoms with van der Waals surface area (Å²) in [7, 11) is 0. The van der Waals surface area contributed by atoms with Gasteiger partial charge in [0.1, 0.15) is 0 Å². The second-order valence-electron chi connectivity index (χ2n) is 5.91. The molecule has 0 aromatic rings. The summed E-state index contributed by atoms with van der Waals surface area (Å²) in [5.41, 5.74) is 0.0439. The van der Waals surface area contributed by atoms with Crippen molar-refractivity contribution in [3.8, 4) is 0 Å². The molecule has 0 aromatic heterocycles. The van der Waals surface area contributed by atoms with Gasteiger partial charge in [-0.25, -0.2) is 0 Å². The molecule has 2 saturated carbocycles. The first-order valence-corrected chi connectivity index (χ1v) is 6.64. The lowest BCUT2D eigenvalue weighted by molar-refractivity contribution is -0.141. The van der Waals surface area contributed by atoms with Gasteiger partial charge >= 0.3 is 5.97 Å². The summed E-state index contributed by atoms with van der Waals surface area (Å²) in [6.45, 7) is 1.55. The van der Waals surface area contributed by atoms with Crippen LogP contribution in [0.2, 0.25) is 0 Å². The highest BCUT2D eigenvalue weighted by Gasteiger charge is 2.59. The SMILES string of the molecule is O=C(O)C1CC12CCN(C(=O)C1CCC1)CC2. The van der Waals surface area contributed by atoms with Crippen molar-refractivity contribution in [1.82, 2.24) is 4.90 Å². The minimum atomic E-state index is -0.649. The summed E-state index contributed by atoms with van der Waals surface area (Å²) in [6, 6.07) is 0. The first kappa shape index (κ1) is 11.1. The van der Waals surface area contributed by atoms with Gasteiger partial charge < -0.3 is 10.0 Å². The number of carbonyl (C=O) groups excluding carboxylic acids is 1. The number of carboxylic acids is 1. The van der Waals surface area contributed by atoms with E-state index in [0.717, 1.165) is 45.2 Å². The van der Waals surface area contributed by atoms with E-state index >= 15 is 0 Å². The first-order valence-electron chi connectivity index (χ1n) is 6.64. The maximum atomic E-state index is 12.0. The molecule has 4 heteroatoms. The molecule has 1 N–H and O–H groups in total. The molecule has 4 nitrogen and oxygen atoms in total. The van der Waals surface area contributed by atoms with Gasteiger partial charge in [0.05, 0.1) is 5.92 Å². The first-order chi connectivity index (χ1) is 8.12.